The van der Waals surface area contributed by atoms with Gasteiger partial charge in [-0.3, -0.25) is 4.98 Å². The van der Waals surface area contributed by atoms with E-state index in [2.05, 4.69) is 24.9 Å². The normalized spacial score (nSPS) is 12.8. The van der Waals surface area contributed by atoms with Crippen molar-refractivity contribution in [2.24, 2.45) is 5.73 Å². The number of nitrogens with two attached hydrogens (primary N) is 1. The summed E-state index contributed by atoms with van der Waals surface area (Å²) in [5.74, 6) is 2.05. The van der Waals surface area contributed by atoms with E-state index < -0.39 is 0 Å². The molecule has 78 valence electrons. The first-order valence-electron chi connectivity index (χ1n) is 4.96. The highest BCUT2D eigenvalue weighted by Crippen LogP contribution is 2.13. The average molecular weight is 210 g/mol. The molecule has 0 saturated heterocycles. The molecule has 0 radical (unpaired) electrons. The largest absolute Gasteiger partial charge is 0.327 e. The van der Waals surface area contributed by atoms with Crippen LogP contribution in [0, 0.1) is 6.92 Å². The number of pyridine rings is 1. The summed E-state index contributed by atoms with van der Waals surface area (Å²) in [4.78, 5) is 4.16. The summed E-state index contributed by atoms with van der Waals surface area (Å²) in [5, 5.41) is 0. The van der Waals surface area contributed by atoms with Crippen molar-refractivity contribution in [1.29, 1.82) is 0 Å². The van der Waals surface area contributed by atoms with Crippen molar-refractivity contribution < 1.29 is 0 Å². The van der Waals surface area contributed by atoms with E-state index in [0.29, 0.717) is 6.04 Å². The summed E-state index contributed by atoms with van der Waals surface area (Å²) in [6, 6.07) is 2.51. The average Bonchev–Trinajstić information content (AvgIpc) is 2.17. The van der Waals surface area contributed by atoms with Crippen LogP contribution in [0.5, 0.6) is 0 Å². The van der Waals surface area contributed by atoms with Crippen molar-refractivity contribution in [2.45, 2.75) is 32.1 Å². The van der Waals surface area contributed by atoms with Gasteiger partial charge in [0.25, 0.3) is 0 Å². The quantitative estimate of drug-likeness (QED) is 0.811. The van der Waals surface area contributed by atoms with Crippen molar-refractivity contribution in [1.82, 2.24) is 4.98 Å². The topological polar surface area (TPSA) is 38.9 Å². The van der Waals surface area contributed by atoms with E-state index in [1.165, 1.54) is 11.1 Å². The number of aryl methyl sites for hydroxylation is 1. The minimum atomic E-state index is 0.331. The van der Waals surface area contributed by atoms with Crippen LogP contribution in [0.25, 0.3) is 0 Å². The predicted molar refractivity (Wildman–Crippen MR) is 63.4 cm³/mol. The second-order valence-corrected chi connectivity index (χ2v) is 4.58. The maximum atomic E-state index is 5.83. The third-order valence-corrected chi connectivity index (χ3v) is 3.26. The SMILES string of the molecule is CCC(N)CSCc1cncc(C)c1. The molecular weight excluding hydrogens is 192 g/mol. The monoisotopic (exact) mass is 210 g/mol. The first-order chi connectivity index (χ1) is 6.72. The summed E-state index contributed by atoms with van der Waals surface area (Å²) < 4.78 is 0. The van der Waals surface area contributed by atoms with Gasteiger partial charge < -0.3 is 5.73 Å². The molecule has 0 aliphatic heterocycles. The molecule has 1 atom stereocenters. The van der Waals surface area contributed by atoms with Gasteiger partial charge in [-0.2, -0.15) is 11.8 Å². The molecule has 0 aliphatic carbocycles. The summed E-state index contributed by atoms with van der Waals surface area (Å²) in [6.45, 7) is 4.19. The Bertz CT molecular complexity index is 276. The predicted octanol–water partition coefficient (Wildman–Crippen LogP) is 2.36. The smallest absolute Gasteiger partial charge is 0.0308 e. The molecule has 1 aromatic heterocycles. The molecule has 0 aliphatic rings. The van der Waals surface area contributed by atoms with Crippen molar-refractivity contribution >= 4 is 11.8 Å². The fraction of sp³-hybridized carbons (Fsp3) is 0.545. The Labute approximate surface area is 90.3 Å². The van der Waals surface area contributed by atoms with Crippen molar-refractivity contribution in [3.63, 3.8) is 0 Å². The van der Waals surface area contributed by atoms with Crippen molar-refractivity contribution in [2.75, 3.05) is 5.75 Å². The van der Waals surface area contributed by atoms with E-state index in [1.807, 2.05) is 24.2 Å². The van der Waals surface area contributed by atoms with Crippen LogP contribution in [0.3, 0.4) is 0 Å². The van der Waals surface area contributed by atoms with Crippen LogP contribution in [0.1, 0.15) is 24.5 Å². The van der Waals surface area contributed by atoms with Crippen LogP contribution in [-0.4, -0.2) is 16.8 Å². The van der Waals surface area contributed by atoms with Gasteiger partial charge in [-0.05, 0) is 24.5 Å². The third-order valence-electron chi connectivity index (χ3n) is 2.06. The lowest BCUT2D eigenvalue weighted by molar-refractivity contribution is 0.725. The van der Waals surface area contributed by atoms with Crippen LogP contribution in [0.4, 0.5) is 0 Å². The van der Waals surface area contributed by atoms with E-state index in [1.54, 1.807) is 0 Å². The Hall–Kier alpha value is -0.540. The Morgan fingerprint density at radius 3 is 2.93 bits per heavy atom. The van der Waals surface area contributed by atoms with Crippen LogP contribution < -0.4 is 5.73 Å². The molecule has 1 unspecified atom stereocenters. The molecule has 14 heavy (non-hydrogen) atoms. The number of hydrogen-bond acceptors (Lipinski definition) is 3. The highest BCUT2D eigenvalue weighted by molar-refractivity contribution is 7.98. The first kappa shape index (κ1) is 11.5. The Morgan fingerprint density at radius 2 is 2.29 bits per heavy atom. The zero-order chi connectivity index (χ0) is 10.4. The molecule has 3 heteroatoms. The third kappa shape index (κ3) is 4.11. The van der Waals surface area contributed by atoms with Gasteiger partial charge in [0.1, 0.15) is 0 Å². The summed E-state index contributed by atoms with van der Waals surface area (Å²) in [5.41, 5.74) is 8.35. The molecule has 0 bridgehead atoms. The minimum absolute atomic E-state index is 0.331. The van der Waals surface area contributed by atoms with Crippen LogP contribution in [-0.2, 0) is 5.75 Å². The Kier molecular flexibility index (Phi) is 4.98. The Morgan fingerprint density at radius 1 is 1.50 bits per heavy atom. The molecule has 0 saturated carbocycles. The van der Waals surface area contributed by atoms with Crippen LogP contribution >= 0.6 is 11.8 Å². The summed E-state index contributed by atoms with van der Waals surface area (Å²) in [7, 11) is 0. The maximum Gasteiger partial charge on any atom is 0.0308 e. The standard InChI is InChI=1S/C11H18N2S/c1-3-11(12)8-14-7-10-4-9(2)5-13-6-10/h4-6,11H,3,7-8,12H2,1-2H3. The van der Waals surface area contributed by atoms with Crippen molar-refractivity contribution in [3.05, 3.63) is 29.6 Å². The van der Waals surface area contributed by atoms with E-state index in [4.69, 9.17) is 5.73 Å². The fourth-order valence-electron chi connectivity index (χ4n) is 1.14. The number of aromatic nitrogens is 1. The molecule has 0 aromatic carbocycles. The molecule has 0 amide bonds. The highest BCUT2D eigenvalue weighted by atomic mass is 32.2. The number of nitrogens with zero attached hydrogens (tertiary/aromatic N) is 1. The lowest BCUT2D eigenvalue weighted by Gasteiger charge is -2.07. The second-order valence-electron chi connectivity index (χ2n) is 3.55. The molecule has 1 aromatic rings. The van der Waals surface area contributed by atoms with E-state index in [-0.39, 0.29) is 0 Å². The zero-order valence-electron chi connectivity index (χ0n) is 8.86. The lowest BCUT2D eigenvalue weighted by atomic mass is 10.2. The van der Waals surface area contributed by atoms with Gasteiger partial charge in [0.15, 0.2) is 0 Å². The summed E-state index contributed by atoms with van der Waals surface area (Å²) >= 11 is 1.88. The van der Waals surface area contributed by atoms with Crippen LogP contribution in [0.2, 0.25) is 0 Å². The van der Waals surface area contributed by atoms with Crippen LogP contribution in [0.15, 0.2) is 18.5 Å². The Balaban J connectivity index is 2.31. The first-order valence-corrected chi connectivity index (χ1v) is 6.11. The molecule has 1 heterocycles. The van der Waals surface area contributed by atoms with Gasteiger partial charge in [-0.1, -0.05) is 13.0 Å². The number of thioether (sulfide) groups is 1. The van der Waals surface area contributed by atoms with E-state index >= 15 is 0 Å². The van der Waals surface area contributed by atoms with Gasteiger partial charge in [0.05, 0.1) is 0 Å². The minimum Gasteiger partial charge on any atom is -0.327 e. The highest BCUT2D eigenvalue weighted by Gasteiger charge is 2.00. The molecular formula is C11H18N2S. The lowest BCUT2D eigenvalue weighted by Crippen LogP contribution is -2.21. The van der Waals surface area contributed by atoms with Gasteiger partial charge in [0.2, 0.25) is 0 Å². The van der Waals surface area contributed by atoms with Gasteiger partial charge in [-0.25, -0.2) is 0 Å². The van der Waals surface area contributed by atoms with E-state index in [9.17, 15) is 0 Å². The van der Waals surface area contributed by atoms with Gasteiger partial charge >= 0.3 is 0 Å². The van der Waals surface area contributed by atoms with Gasteiger partial charge in [-0.15, -0.1) is 0 Å². The zero-order valence-corrected chi connectivity index (χ0v) is 9.68. The summed E-state index contributed by atoms with van der Waals surface area (Å²) in [6.07, 6.45) is 4.86. The maximum absolute atomic E-state index is 5.83. The molecule has 2 nitrogen and oxygen atoms in total. The molecule has 0 spiro atoms. The number of rotatable bonds is 5. The van der Waals surface area contributed by atoms with Crippen molar-refractivity contribution in [3.8, 4) is 0 Å². The molecule has 0 fully saturated rings. The second kappa shape index (κ2) is 6.04. The fourth-order valence-corrected chi connectivity index (χ4v) is 2.19. The van der Waals surface area contributed by atoms with Gasteiger partial charge in [0, 0.05) is 29.9 Å². The number of hydrogen-bond donors (Lipinski definition) is 1. The molecule has 1 rings (SSSR count). The van der Waals surface area contributed by atoms with E-state index in [0.717, 1.165) is 17.9 Å². The molecule has 2 N–H and O–H groups in total.